The van der Waals surface area contributed by atoms with Crippen LogP contribution >= 0.6 is 34.2 Å². The molecule has 0 spiro atoms. The average Bonchev–Trinajstić information content (AvgIpc) is 3.20. The summed E-state index contributed by atoms with van der Waals surface area (Å²) in [5.74, 6) is 1.50. The molecule has 0 saturated heterocycles. The van der Waals surface area contributed by atoms with E-state index in [0.29, 0.717) is 17.2 Å². The van der Waals surface area contributed by atoms with Gasteiger partial charge in [0, 0.05) is 5.41 Å². The van der Waals surface area contributed by atoms with Crippen molar-refractivity contribution in [2.24, 2.45) is 0 Å². The van der Waals surface area contributed by atoms with Gasteiger partial charge in [0.25, 0.3) is 0 Å². The zero-order valence-electron chi connectivity index (χ0n) is 20.0. The van der Waals surface area contributed by atoms with Crippen LogP contribution in [0.25, 0.3) is 0 Å². The Hall–Kier alpha value is -1.92. The maximum absolute atomic E-state index is 10.3. The Labute approximate surface area is 224 Å². The predicted octanol–water partition coefficient (Wildman–Crippen LogP) is 3.43. The first-order valence-corrected chi connectivity index (χ1v) is 12.8. The number of aromatic nitrogens is 3. The Kier molecular flexibility index (Phi) is 9.77. The van der Waals surface area contributed by atoms with Gasteiger partial charge in [-0.05, 0) is 64.9 Å². The first-order valence-electron chi connectivity index (χ1n) is 11.2. The molecule has 0 radical (unpaired) electrons. The molecule has 2 aromatic carbocycles. The fourth-order valence-electron chi connectivity index (χ4n) is 3.53. The lowest BCUT2D eigenvalue weighted by Gasteiger charge is -2.27. The van der Waals surface area contributed by atoms with Crippen molar-refractivity contribution in [3.05, 3.63) is 68.5 Å². The SMILES string of the molecule is Cc1c(CO)nnn1CC(O)COc1ccc(C(C)(C)c2ccc(OCC(O)CCl)c(I)c2)cc1. The molecule has 10 heteroatoms. The highest BCUT2D eigenvalue weighted by Crippen LogP contribution is 2.35. The molecule has 2 atom stereocenters. The predicted molar refractivity (Wildman–Crippen MR) is 142 cm³/mol. The Morgan fingerprint density at radius 3 is 2.29 bits per heavy atom. The van der Waals surface area contributed by atoms with Crippen molar-refractivity contribution < 1.29 is 24.8 Å². The van der Waals surface area contributed by atoms with Crippen molar-refractivity contribution in [1.82, 2.24) is 15.0 Å². The molecular weight excluding hydrogens is 585 g/mol. The normalized spacial score (nSPS) is 13.5. The van der Waals surface area contributed by atoms with Crippen LogP contribution in [0.4, 0.5) is 0 Å². The maximum Gasteiger partial charge on any atom is 0.132 e. The molecule has 190 valence electrons. The van der Waals surface area contributed by atoms with Gasteiger partial charge in [0.15, 0.2) is 0 Å². The summed E-state index contributed by atoms with van der Waals surface area (Å²) < 4.78 is 14.0. The number of alkyl halides is 1. The van der Waals surface area contributed by atoms with Crippen molar-refractivity contribution in [3.8, 4) is 11.5 Å². The van der Waals surface area contributed by atoms with E-state index in [-0.39, 0.29) is 37.7 Å². The lowest BCUT2D eigenvalue weighted by molar-refractivity contribution is 0.0882. The molecule has 35 heavy (non-hydrogen) atoms. The Bertz CT molecular complexity index is 1110. The van der Waals surface area contributed by atoms with E-state index in [9.17, 15) is 15.3 Å². The minimum atomic E-state index is -0.772. The lowest BCUT2D eigenvalue weighted by Crippen LogP contribution is -2.25. The van der Waals surface area contributed by atoms with Crippen LogP contribution in [0.3, 0.4) is 0 Å². The van der Waals surface area contributed by atoms with Crippen molar-refractivity contribution in [2.75, 3.05) is 19.1 Å². The molecule has 0 bridgehead atoms. The summed E-state index contributed by atoms with van der Waals surface area (Å²) in [6.45, 7) is 6.40. The first kappa shape index (κ1) is 27.7. The molecule has 3 aromatic rings. The zero-order valence-corrected chi connectivity index (χ0v) is 22.9. The standard InChI is InChI=1S/C25H31ClIN3O5/c1-16-23(13-31)28-29-30(16)12-20(33)15-34-21-7-4-17(5-8-21)25(2,3)18-6-9-24(22(27)10-18)35-14-19(32)11-26/h4-10,19-20,31-33H,11-15H2,1-3H3. The average molecular weight is 616 g/mol. The molecule has 0 aliphatic heterocycles. The van der Waals surface area contributed by atoms with Crippen LogP contribution in [0.2, 0.25) is 0 Å². The van der Waals surface area contributed by atoms with Gasteiger partial charge in [-0.3, -0.25) is 0 Å². The van der Waals surface area contributed by atoms with Crippen LogP contribution in [0, 0.1) is 10.5 Å². The fraction of sp³-hybridized carbons (Fsp3) is 0.440. The van der Waals surface area contributed by atoms with Gasteiger partial charge in [-0.25, -0.2) is 4.68 Å². The number of halogens is 2. The van der Waals surface area contributed by atoms with E-state index in [1.54, 1.807) is 11.6 Å². The third-order valence-corrected chi connectivity index (χ3v) is 7.09. The summed E-state index contributed by atoms with van der Waals surface area (Å²) in [5.41, 5.74) is 3.20. The number of rotatable bonds is 12. The summed E-state index contributed by atoms with van der Waals surface area (Å²) in [4.78, 5) is 0. The Morgan fingerprint density at radius 1 is 1.03 bits per heavy atom. The van der Waals surface area contributed by atoms with Crippen molar-refractivity contribution in [3.63, 3.8) is 0 Å². The molecule has 0 aliphatic rings. The van der Waals surface area contributed by atoms with Crippen molar-refractivity contribution >= 4 is 34.2 Å². The minimum absolute atomic E-state index is 0.106. The maximum atomic E-state index is 10.3. The Balaban J connectivity index is 1.60. The Morgan fingerprint density at radius 2 is 1.69 bits per heavy atom. The molecule has 0 aliphatic carbocycles. The number of hydrogen-bond acceptors (Lipinski definition) is 7. The van der Waals surface area contributed by atoms with Gasteiger partial charge in [0.2, 0.25) is 0 Å². The molecule has 0 saturated carbocycles. The zero-order chi connectivity index (χ0) is 25.6. The molecule has 8 nitrogen and oxygen atoms in total. The summed E-state index contributed by atoms with van der Waals surface area (Å²) in [6.07, 6.45) is -1.47. The van der Waals surface area contributed by atoms with Crippen LogP contribution in [-0.2, 0) is 18.6 Å². The van der Waals surface area contributed by atoms with Gasteiger partial charge in [0.05, 0.1) is 28.3 Å². The van der Waals surface area contributed by atoms with Gasteiger partial charge >= 0.3 is 0 Å². The minimum Gasteiger partial charge on any atom is -0.491 e. The van der Waals surface area contributed by atoms with Gasteiger partial charge < -0.3 is 24.8 Å². The van der Waals surface area contributed by atoms with Crippen molar-refractivity contribution in [1.29, 1.82) is 0 Å². The van der Waals surface area contributed by atoms with Crippen LogP contribution in [0.5, 0.6) is 11.5 Å². The molecule has 1 heterocycles. The first-order chi connectivity index (χ1) is 16.6. The smallest absolute Gasteiger partial charge is 0.132 e. The molecule has 0 fully saturated rings. The largest absolute Gasteiger partial charge is 0.491 e. The highest BCUT2D eigenvalue weighted by atomic mass is 127. The molecule has 2 unspecified atom stereocenters. The number of benzene rings is 2. The van der Waals surface area contributed by atoms with E-state index < -0.39 is 12.2 Å². The molecule has 0 amide bonds. The summed E-state index contributed by atoms with van der Waals surface area (Å²) >= 11 is 7.87. The number of nitrogens with zero attached hydrogens (tertiary/aromatic N) is 3. The third-order valence-electron chi connectivity index (χ3n) is 5.89. The monoisotopic (exact) mass is 615 g/mol. The van der Waals surface area contributed by atoms with E-state index in [0.717, 1.165) is 20.4 Å². The number of aliphatic hydroxyl groups is 3. The topological polar surface area (TPSA) is 110 Å². The summed E-state index contributed by atoms with van der Waals surface area (Å²) in [7, 11) is 0. The second-order valence-corrected chi connectivity index (χ2v) is 10.3. The second-order valence-electron chi connectivity index (χ2n) is 8.84. The molecule has 3 rings (SSSR count). The second kappa shape index (κ2) is 12.4. The van der Waals surface area contributed by atoms with Crippen molar-refractivity contribution in [2.45, 2.75) is 51.5 Å². The number of hydrogen-bond donors (Lipinski definition) is 3. The van der Waals surface area contributed by atoms with Crippen LogP contribution < -0.4 is 9.47 Å². The van der Waals surface area contributed by atoms with E-state index in [4.69, 9.17) is 21.1 Å². The van der Waals surface area contributed by atoms with Gasteiger partial charge in [-0.2, -0.15) is 0 Å². The molecular formula is C25H31ClIN3O5. The van der Waals surface area contributed by atoms with E-state index >= 15 is 0 Å². The highest BCUT2D eigenvalue weighted by molar-refractivity contribution is 14.1. The van der Waals surface area contributed by atoms with Crippen LogP contribution in [-0.4, -0.2) is 61.6 Å². The van der Waals surface area contributed by atoms with Crippen LogP contribution in [0.1, 0.15) is 36.4 Å². The number of ether oxygens (including phenoxy) is 2. The highest BCUT2D eigenvalue weighted by Gasteiger charge is 2.24. The summed E-state index contributed by atoms with van der Waals surface area (Å²) in [6, 6.07) is 13.8. The van der Waals surface area contributed by atoms with Crippen LogP contribution in [0.15, 0.2) is 42.5 Å². The molecule has 1 aromatic heterocycles. The number of aliphatic hydroxyl groups excluding tert-OH is 3. The van der Waals surface area contributed by atoms with E-state index in [2.05, 4.69) is 52.8 Å². The fourth-order valence-corrected chi connectivity index (χ4v) is 4.29. The lowest BCUT2D eigenvalue weighted by atomic mass is 9.78. The van der Waals surface area contributed by atoms with E-state index in [1.807, 2.05) is 36.4 Å². The van der Waals surface area contributed by atoms with Gasteiger partial charge in [0.1, 0.15) is 42.6 Å². The molecule has 3 N–H and O–H groups in total. The summed E-state index contributed by atoms with van der Waals surface area (Å²) in [5, 5.41) is 37.0. The van der Waals surface area contributed by atoms with Gasteiger partial charge in [-0.15, -0.1) is 16.7 Å². The van der Waals surface area contributed by atoms with E-state index in [1.165, 1.54) is 0 Å². The van der Waals surface area contributed by atoms with Gasteiger partial charge in [-0.1, -0.05) is 37.3 Å². The quantitative estimate of drug-likeness (QED) is 0.212. The third kappa shape index (κ3) is 7.07.